The van der Waals surface area contributed by atoms with Crippen LogP contribution in [0.5, 0.6) is 0 Å². The SMILES string of the molecule is CCCNCC(C)NCCC1CCC2(CC1)OCCO2. The highest BCUT2D eigenvalue weighted by Gasteiger charge is 2.39. The van der Waals surface area contributed by atoms with E-state index < -0.39 is 0 Å². The minimum absolute atomic E-state index is 0.193. The first kappa shape index (κ1) is 16.2. The molecule has 2 aliphatic rings. The molecule has 0 aromatic carbocycles. The molecule has 4 heteroatoms. The van der Waals surface area contributed by atoms with Gasteiger partial charge in [-0.25, -0.2) is 0 Å². The van der Waals surface area contributed by atoms with Gasteiger partial charge in [0.15, 0.2) is 5.79 Å². The van der Waals surface area contributed by atoms with E-state index in [9.17, 15) is 0 Å². The zero-order valence-corrected chi connectivity index (χ0v) is 13.2. The van der Waals surface area contributed by atoms with Crippen molar-refractivity contribution >= 4 is 0 Å². The summed E-state index contributed by atoms with van der Waals surface area (Å²) in [7, 11) is 0. The third-order valence-electron chi connectivity index (χ3n) is 4.60. The monoisotopic (exact) mass is 284 g/mol. The van der Waals surface area contributed by atoms with Gasteiger partial charge in [0, 0.05) is 25.4 Å². The maximum absolute atomic E-state index is 5.78. The summed E-state index contributed by atoms with van der Waals surface area (Å²) in [5.74, 6) is 0.651. The van der Waals surface area contributed by atoms with Crippen LogP contribution in [-0.2, 0) is 9.47 Å². The molecule has 1 unspecified atom stereocenters. The molecule has 1 spiro atoms. The third-order valence-corrected chi connectivity index (χ3v) is 4.60. The average molecular weight is 284 g/mol. The van der Waals surface area contributed by atoms with Gasteiger partial charge in [-0.3, -0.25) is 0 Å². The van der Waals surface area contributed by atoms with Crippen molar-refractivity contribution in [3.63, 3.8) is 0 Å². The second kappa shape index (κ2) is 8.32. The number of hydrogen-bond donors (Lipinski definition) is 2. The van der Waals surface area contributed by atoms with Gasteiger partial charge in [-0.05, 0) is 51.6 Å². The molecule has 1 saturated heterocycles. The lowest BCUT2D eigenvalue weighted by Gasteiger charge is -2.35. The van der Waals surface area contributed by atoms with Gasteiger partial charge >= 0.3 is 0 Å². The summed E-state index contributed by atoms with van der Waals surface area (Å²) >= 11 is 0. The zero-order valence-electron chi connectivity index (χ0n) is 13.2. The molecule has 2 fully saturated rings. The molecule has 0 bridgehead atoms. The second-order valence-electron chi connectivity index (χ2n) is 6.40. The van der Waals surface area contributed by atoms with E-state index in [0.717, 1.165) is 51.6 Å². The van der Waals surface area contributed by atoms with Gasteiger partial charge in [-0.1, -0.05) is 6.92 Å². The molecule has 4 nitrogen and oxygen atoms in total. The topological polar surface area (TPSA) is 42.5 Å². The van der Waals surface area contributed by atoms with Crippen LogP contribution in [0.2, 0.25) is 0 Å². The van der Waals surface area contributed by atoms with Crippen LogP contribution in [0, 0.1) is 5.92 Å². The molecular weight excluding hydrogens is 252 g/mol. The Balaban J connectivity index is 1.52. The standard InChI is InChI=1S/C16H32N2O2/c1-3-9-17-13-14(2)18-10-6-15-4-7-16(8-5-15)19-11-12-20-16/h14-15,17-18H,3-13H2,1-2H3. The number of hydrogen-bond acceptors (Lipinski definition) is 4. The van der Waals surface area contributed by atoms with Gasteiger partial charge in [0.2, 0.25) is 0 Å². The fourth-order valence-corrected chi connectivity index (χ4v) is 3.29. The molecule has 1 aliphatic heterocycles. The summed E-state index contributed by atoms with van der Waals surface area (Å²) in [6.45, 7) is 9.37. The van der Waals surface area contributed by atoms with E-state index in [4.69, 9.17) is 9.47 Å². The third kappa shape index (κ3) is 4.99. The van der Waals surface area contributed by atoms with E-state index in [-0.39, 0.29) is 5.79 Å². The molecule has 1 heterocycles. The molecule has 1 aliphatic carbocycles. The van der Waals surface area contributed by atoms with Crippen LogP contribution in [0.15, 0.2) is 0 Å². The Labute approximate surface area is 124 Å². The van der Waals surface area contributed by atoms with Gasteiger partial charge in [-0.15, -0.1) is 0 Å². The Hall–Kier alpha value is -0.160. The van der Waals surface area contributed by atoms with Crippen molar-refractivity contribution in [2.75, 3.05) is 32.8 Å². The largest absolute Gasteiger partial charge is 0.348 e. The molecule has 2 N–H and O–H groups in total. The van der Waals surface area contributed by atoms with Crippen LogP contribution in [0.25, 0.3) is 0 Å². The number of nitrogens with one attached hydrogen (secondary N) is 2. The van der Waals surface area contributed by atoms with E-state index in [0.29, 0.717) is 6.04 Å². The Morgan fingerprint density at radius 2 is 1.85 bits per heavy atom. The molecule has 0 aromatic heterocycles. The van der Waals surface area contributed by atoms with Crippen LogP contribution < -0.4 is 10.6 Å². The number of rotatable bonds is 8. The summed E-state index contributed by atoms with van der Waals surface area (Å²) in [6.07, 6.45) is 7.18. The molecule has 0 radical (unpaired) electrons. The van der Waals surface area contributed by atoms with Crippen LogP contribution in [0.1, 0.15) is 52.4 Å². The fraction of sp³-hybridized carbons (Fsp3) is 1.00. The zero-order chi connectivity index (χ0) is 14.3. The quantitative estimate of drug-likeness (QED) is 0.671. The lowest BCUT2D eigenvalue weighted by Crippen LogP contribution is -2.39. The van der Waals surface area contributed by atoms with Crippen molar-refractivity contribution in [1.29, 1.82) is 0 Å². The maximum Gasteiger partial charge on any atom is 0.168 e. The Morgan fingerprint density at radius 1 is 1.15 bits per heavy atom. The van der Waals surface area contributed by atoms with Gasteiger partial charge in [-0.2, -0.15) is 0 Å². The highest BCUT2D eigenvalue weighted by Crippen LogP contribution is 2.39. The first-order valence-corrected chi connectivity index (χ1v) is 8.46. The van der Waals surface area contributed by atoms with Crippen molar-refractivity contribution in [2.45, 2.75) is 64.2 Å². The summed E-state index contributed by atoms with van der Waals surface area (Å²) in [5.41, 5.74) is 0. The lowest BCUT2D eigenvalue weighted by molar-refractivity contribution is -0.182. The van der Waals surface area contributed by atoms with E-state index in [2.05, 4.69) is 24.5 Å². The van der Waals surface area contributed by atoms with E-state index in [1.807, 2.05) is 0 Å². The summed E-state index contributed by atoms with van der Waals surface area (Å²) in [4.78, 5) is 0. The predicted octanol–water partition coefficient (Wildman–Crippen LogP) is 2.29. The van der Waals surface area contributed by atoms with E-state index in [1.165, 1.54) is 25.7 Å². The smallest absolute Gasteiger partial charge is 0.168 e. The minimum Gasteiger partial charge on any atom is -0.348 e. The summed E-state index contributed by atoms with van der Waals surface area (Å²) in [6, 6.07) is 0.568. The first-order chi connectivity index (χ1) is 9.74. The van der Waals surface area contributed by atoms with Gasteiger partial charge < -0.3 is 20.1 Å². The Kier molecular flexibility index (Phi) is 6.75. The van der Waals surface area contributed by atoms with Crippen molar-refractivity contribution in [3.8, 4) is 0 Å². The van der Waals surface area contributed by atoms with Crippen molar-refractivity contribution in [1.82, 2.24) is 10.6 Å². The molecule has 20 heavy (non-hydrogen) atoms. The minimum atomic E-state index is -0.193. The van der Waals surface area contributed by atoms with Crippen LogP contribution in [0.3, 0.4) is 0 Å². The van der Waals surface area contributed by atoms with Crippen molar-refractivity contribution in [3.05, 3.63) is 0 Å². The molecule has 1 saturated carbocycles. The Bertz CT molecular complexity index is 257. The highest BCUT2D eigenvalue weighted by molar-refractivity contribution is 4.82. The first-order valence-electron chi connectivity index (χ1n) is 8.46. The van der Waals surface area contributed by atoms with E-state index in [1.54, 1.807) is 0 Å². The van der Waals surface area contributed by atoms with Crippen molar-refractivity contribution < 1.29 is 9.47 Å². The molecule has 2 rings (SSSR count). The van der Waals surface area contributed by atoms with Gasteiger partial charge in [0.05, 0.1) is 13.2 Å². The Morgan fingerprint density at radius 3 is 2.50 bits per heavy atom. The molecule has 1 atom stereocenters. The lowest BCUT2D eigenvalue weighted by atomic mass is 9.83. The van der Waals surface area contributed by atoms with Gasteiger partial charge in [0.1, 0.15) is 0 Å². The molecule has 0 amide bonds. The summed E-state index contributed by atoms with van der Waals surface area (Å²) in [5, 5.41) is 7.09. The predicted molar refractivity (Wildman–Crippen MR) is 81.8 cm³/mol. The van der Waals surface area contributed by atoms with Crippen LogP contribution >= 0.6 is 0 Å². The average Bonchev–Trinajstić information content (AvgIpc) is 2.90. The highest BCUT2D eigenvalue weighted by atomic mass is 16.7. The molecule has 0 aromatic rings. The molecule has 118 valence electrons. The second-order valence-corrected chi connectivity index (χ2v) is 6.40. The van der Waals surface area contributed by atoms with Gasteiger partial charge in [0.25, 0.3) is 0 Å². The van der Waals surface area contributed by atoms with E-state index >= 15 is 0 Å². The normalized spacial score (nSPS) is 24.3. The maximum atomic E-state index is 5.78. The van der Waals surface area contributed by atoms with Crippen LogP contribution in [-0.4, -0.2) is 44.7 Å². The van der Waals surface area contributed by atoms with Crippen LogP contribution in [0.4, 0.5) is 0 Å². The number of ether oxygens (including phenoxy) is 2. The van der Waals surface area contributed by atoms with Crippen molar-refractivity contribution in [2.24, 2.45) is 5.92 Å². The fourth-order valence-electron chi connectivity index (χ4n) is 3.29. The summed E-state index contributed by atoms with van der Waals surface area (Å²) < 4.78 is 11.6. The molecular formula is C16H32N2O2.